The average Bonchev–Trinajstić information content (AvgIpc) is 3.63. The van der Waals surface area contributed by atoms with Gasteiger partial charge in [0.1, 0.15) is 6.26 Å². The number of fused-ring (bicyclic) bond motifs is 2. The Bertz CT molecular complexity index is 1150. The highest BCUT2D eigenvalue weighted by molar-refractivity contribution is 5.93. The van der Waals surface area contributed by atoms with Crippen LogP contribution in [-0.4, -0.2) is 77.6 Å². The topological polar surface area (TPSA) is 98.0 Å². The number of hydrogen-bond donors (Lipinski definition) is 0. The van der Waals surface area contributed by atoms with Gasteiger partial charge >= 0.3 is 0 Å². The second-order valence-corrected chi connectivity index (χ2v) is 11.4. The van der Waals surface area contributed by atoms with Gasteiger partial charge in [0.15, 0.2) is 12.1 Å². The van der Waals surface area contributed by atoms with Crippen molar-refractivity contribution in [2.45, 2.75) is 51.7 Å². The van der Waals surface area contributed by atoms with E-state index in [2.05, 4.69) is 16.0 Å². The Hall–Kier alpha value is -2.78. The molecule has 3 fully saturated rings. The molecule has 9 nitrogen and oxygen atoms in total. The van der Waals surface area contributed by atoms with Crippen LogP contribution in [0.25, 0.3) is 0 Å². The van der Waals surface area contributed by atoms with Gasteiger partial charge in [-0.05, 0) is 61.5 Å². The number of aromatic nitrogens is 2. The van der Waals surface area contributed by atoms with Crippen LogP contribution in [0.2, 0.25) is 0 Å². The lowest BCUT2D eigenvalue weighted by atomic mass is 9.78. The molecule has 6 rings (SSSR count). The van der Waals surface area contributed by atoms with E-state index < -0.39 is 5.41 Å². The van der Waals surface area contributed by atoms with E-state index in [9.17, 15) is 9.59 Å². The molecule has 4 aliphatic rings. The Morgan fingerprint density at radius 3 is 2.97 bits per heavy atom. The lowest BCUT2D eigenvalue weighted by molar-refractivity contribution is -0.144. The molecule has 1 aliphatic carbocycles. The molecule has 37 heavy (non-hydrogen) atoms. The number of carbonyl (C=O) groups is 2. The third kappa shape index (κ3) is 4.46. The second-order valence-electron chi connectivity index (χ2n) is 11.4. The van der Waals surface area contributed by atoms with Crippen molar-refractivity contribution in [3.05, 3.63) is 47.4 Å². The van der Waals surface area contributed by atoms with Crippen LogP contribution in [0.15, 0.2) is 29.3 Å². The van der Waals surface area contributed by atoms with Gasteiger partial charge in [-0.3, -0.25) is 14.6 Å². The maximum absolute atomic E-state index is 14.4. The van der Waals surface area contributed by atoms with Crippen LogP contribution in [0, 0.1) is 30.1 Å². The molecule has 198 valence electrons. The van der Waals surface area contributed by atoms with Crippen molar-refractivity contribution >= 4 is 11.8 Å². The van der Waals surface area contributed by atoms with Crippen LogP contribution in [0.1, 0.15) is 53.0 Å². The van der Waals surface area contributed by atoms with Crippen molar-refractivity contribution < 1.29 is 23.5 Å². The van der Waals surface area contributed by atoms with Crippen molar-refractivity contribution in [3.8, 4) is 0 Å². The predicted octanol–water partition coefficient (Wildman–Crippen LogP) is 2.87. The van der Waals surface area contributed by atoms with Crippen LogP contribution < -0.4 is 0 Å². The summed E-state index contributed by atoms with van der Waals surface area (Å²) in [6.07, 6.45) is 9.24. The number of nitrogens with zero attached hydrogens (tertiary/aromatic N) is 4. The fourth-order valence-corrected chi connectivity index (χ4v) is 7.40. The Balaban J connectivity index is 1.24. The molecule has 5 atom stereocenters. The number of ether oxygens (including phenoxy) is 2. The minimum atomic E-state index is -0.563. The van der Waals surface area contributed by atoms with E-state index in [4.69, 9.17) is 13.9 Å². The monoisotopic (exact) mass is 508 g/mol. The smallest absolute Gasteiger partial charge is 0.275 e. The van der Waals surface area contributed by atoms with Gasteiger partial charge in [-0.1, -0.05) is 6.07 Å². The molecule has 9 heteroatoms. The Kier molecular flexibility index (Phi) is 6.52. The molecule has 2 amide bonds. The van der Waals surface area contributed by atoms with Crippen LogP contribution in [0.3, 0.4) is 0 Å². The van der Waals surface area contributed by atoms with Gasteiger partial charge in [0, 0.05) is 58.2 Å². The number of methoxy groups -OCH3 is 1. The third-order valence-corrected chi connectivity index (χ3v) is 9.17. The first-order chi connectivity index (χ1) is 18.0. The number of carbonyl (C=O) groups excluding carboxylic acids is 2. The maximum Gasteiger partial charge on any atom is 0.275 e. The fraction of sp³-hybridized carbons (Fsp3) is 0.643. The summed E-state index contributed by atoms with van der Waals surface area (Å²) in [6, 6.07) is 2.15. The van der Waals surface area contributed by atoms with Gasteiger partial charge in [-0.15, -0.1) is 0 Å². The second kappa shape index (κ2) is 9.83. The Morgan fingerprint density at radius 1 is 1.27 bits per heavy atom. The molecule has 3 aliphatic heterocycles. The molecule has 0 bridgehead atoms. The van der Waals surface area contributed by atoms with Crippen LogP contribution in [-0.2, 0) is 27.2 Å². The molecule has 2 unspecified atom stereocenters. The number of rotatable bonds is 5. The van der Waals surface area contributed by atoms with E-state index >= 15 is 0 Å². The number of aryl methyl sites for hydroxylation is 1. The lowest BCUT2D eigenvalue weighted by Crippen LogP contribution is -2.49. The van der Waals surface area contributed by atoms with Crippen LogP contribution in [0.4, 0.5) is 0 Å². The maximum atomic E-state index is 14.4. The third-order valence-electron chi connectivity index (χ3n) is 9.17. The summed E-state index contributed by atoms with van der Waals surface area (Å²) in [4.78, 5) is 40.1. The quantitative estimate of drug-likeness (QED) is 0.613. The minimum absolute atomic E-state index is 0.111. The van der Waals surface area contributed by atoms with E-state index in [-0.39, 0.29) is 23.8 Å². The summed E-state index contributed by atoms with van der Waals surface area (Å²) in [7, 11) is 1.76. The number of hydrogen-bond acceptors (Lipinski definition) is 7. The highest BCUT2D eigenvalue weighted by atomic mass is 16.5. The predicted molar refractivity (Wildman–Crippen MR) is 133 cm³/mol. The first-order valence-corrected chi connectivity index (χ1v) is 13.5. The van der Waals surface area contributed by atoms with Gasteiger partial charge in [0.2, 0.25) is 5.91 Å². The van der Waals surface area contributed by atoms with Crippen LogP contribution >= 0.6 is 0 Å². The van der Waals surface area contributed by atoms with Gasteiger partial charge in [0.05, 0.1) is 18.1 Å². The summed E-state index contributed by atoms with van der Waals surface area (Å²) in [6.45, 7) is 5.73. The zero-order chi connectivity index (χ0) is 25.6. The molecule has 2 aromatic rings. The van der Waals surface area contributed by atoms with Crippen LogP contribution in [0.5, 0.6) is 0 Å². The summed E-state index contributed by atoms with van der Waals surface area (Å²) in [5, 5.41) is 0. The number of oxazole rings is 1. The molecule has 0 N–H and O–H groups in total. The number of likely N-dealkylation sites (tertiary alicyclic amines) is 1. The van der Waals surface area contributed by atoms with Crippen molar-refractivity contribution in [3.63, 3.8) is 0 Å². The van der Waals surface area contributed by atoms with Gasteiger partial charge in [0.25, 0.3) is 5.91 Å². The summed E-state index contributed by atoms with van der Waals surface area (Å²) in [5.41, 5.74) is 3.08. The first-order valence-electron chi connectivity index (χ1n) is 13.5. The van der Waals surface area contributed by atoms with Crippen molar-refractivity contribution in [1.29, 1.82) is 0 Å². The summed E-state index contributed by atoms with van der Waals surface area (Å²) in [5.74, 6) is 1.05. The Morgan fingerprint density at radius 2 is 2.16 bits per heavy atom. The van der Waals surface area contributed by atoms with E-state index in [1.165, 1.54) is 12.7 Å². The highest BCUT2D eigenvalue weighted by Gasteiger charge is 2.59. The number of pyridine rings is 1. The standard InChI is InChI=1S/C28H36N4O5/c1-18-7-21-12-31(5-3-23(21)29-11-18)27(34)28-10-19(8-20-4-6-36-15-25(20)35-2)9-22(28)13-32(16-28)26(33)24-14-37-17-30-24/h7,11,14,17,19-20,22,25H,3-6,8-10,12-13,15-16H2,1-2H3/t19-,20?,22+,25?,28+/m1/s1. The van der Waals surface area contributed by atoms with Gasteiger partial charge in [-0.2, -0.15) is 0 Å². The zero-order valence-electron chi connectivity index (χ0n) is 21.7. The van der Waals surface area contributed by atoms with Gasteiger partial charge < -0.3 is 23.7 Å². The molecule has 0 aromatic carbocycles. The highest BCUT2D eigenvalue weighted by Crippen LogP contribution is 2.54. The lowest BCUT2D eigenvalue weighted by Gasteiger charge is -2.37. The van der Waals surface area contributed by atoms with Crippen molar-refractivity contribution in [2.75, 3.05) is 40.0 Å². The molecule has 1 saturated carbocycles. The van der Waals surface area contributed by atoms with E-state index in [0.29, 0.717) is 50.3 Å². The van der Waals surface area contributed by atoms with Crippen molar-refractivity contribution in [2.24, 2.45) is 23.2 Å². The van der Waals surface area contributed by atoms with Crippen molar-refractivity contribution in [1.82, 2.24) is 19.8 Å². The minimum Gasteiger partial charge on any atom is -0.451 e. The number of amides is 2. The Labute approximate surface area is 217 Å². The average molecular weight is 509 g/mol. The molecular weight excluding hydrogens is 472 g/mol. The molecular formula is C28H36N4O5. The molecule has 0 radical (unpaired) electrons. The van der Waals surface area contributed by atoms with E-state index in [1.807, 2.05) is 22.9 Å². The normalized spacial score (nSPS) is 31.3. The van der Waals surface area contributed by atoms with Gasteiger partial charge in [-0.25, -0.2) is 4.98 Å². The first kappa shape index (κ1) is 24.6. The SMILES string of the molecule is COC1COCCC1C[C@@H]1C[C@H]2CN(C(=O)c3cocn3)C[C@@]2(C(=O)N2CCc3ncc(C)cc3C2)C1. The fourth-order valence-electron chi connectivity index (χ4n) is 7.40. The summed E-state index contributed by atoms with van der Waals surface area (Å²) < 4.78 is 16.4. The summed E-state index contributed by atoms with van der Waals surface area (Å²) >= 11 is 0. The van der Waals surface area contributed by atoms with E-state index in [0.717, 1.165) is 55.5 Å². The zero-order valence-corrected chi connectivity index (χ0v) is 21.7. The molecule has 0 spiro atoms. The largest absolute Gasteiger partial charge is 0.451 e. The molecule has 2 aromatic heterocycles. The van der Waals surface area contributed by atoms with E-state index in [1.54, 1.807) is 7.11 Å². The molecule has 2 saturated heterocycles. The molecule has 5 heterocycles.